The van der Waals surface area contributed by atoms with E-state index in [2.05, 4.69) is 28.0 Å². The molecule has 0 amide bonds. The van der Waals surface area contributed by atoms with Crippen molar-refractivity contribution < 1.29 is 61.0 Å². The van der Waals surface area contributed by atoms with Crippen LogP contribution in [0.2, 0.25) is 0 Å². The highest BCUT2D eigenvalue weighted by atomic mass is 31.3. The van der Waals surface area contributed by atoms with Crippen LogP contribution in [0.15, 0.2) is 17.1 Å². The minimum Gasteiger partial charge on any atom is -0.387 e. The molecule has 6 N–H and O–H groups in total. The van der Waals surface area contributed by atoms with Crippen LogP contribution in [0.3, 0.4) is 0 Å². The predicted octanol–water partition coefficient (Wildman–Crippen LogP) is -1.10. The number of hydrogen-bond acceptors (Lipinski definition) is 13. The molecule has 1 aromatic rings. The van der Waals surface area contributed by atoms with Gasteiger partial charge >= 0.3 is 29.2 Å². The summed E-state index contributed by atoms with van der Waals surface area (Å²) in [4.78, 5) is 43.5. The first-order valence-corrected chi connectivity index (χ1v) is 12.6. The molecule has 178 valence electrons. The Kier molecular flexibility index (Phi) is 8.33. The standard InChI is InChI=1S/C11H20N3O14P3/c1-12-7-3-4-14(11(17)13-7)10-9(16)8(15)6(26-10)5-25-30(20,21)28-31(22,23)27-29(18,19)24-2/h3-4,6,8-10,15-16H,5H2,1-2H3,(H,18,19)(H,20,21)(H,22,23)(H,12,13,17)/t6-,8?,9?,10-/m1/s1. The summed E-state index contributed by atoms with van der Waals surface area (Å²) in [6, 6.07) is 1.38. The molecule has 1 aromatic heterocycles. The Labute approximate surface area is 174 Å². The van der Waals surface area contributed by atoms with Crippen molar-refractivity contribution in [3.05, 3.63) is 22.7 Å². The van der Waals surface area contributed by atoms with Crippen molar-refractivity contribution in [3.63, 3.8) is 0 Å². The van der Waals surface area contributed by atoms with Gasteiger partial charge in [-0.1, -0.05) is 0 Å². The molecule has 0 saturated carbocycles. The molecular weight excluding hydrogens is 491 g/mol. The maximum atomic E-state index is 12.0. The molecule has 17 nitrogen and oxygen atoms in total. The first-order chi connectivity index (χ1) is 14.2. The van der Waals surface area contributed by atoms with Gasteiger partial charge in [0.2, 0.25) is 0 Å². The zero-order valence-electron chi connectivity index (χ0n) is 15.8. The normalized spacial score (nSPS) is 29.6. The Balaban J connectivity index is 2.05. The number of aliphatic hydroxyl groups excluding tert-OH is 2. The summed E-state index contributed by atoms with van der Waals surface area (Å²) in [6.07, 6.45) is -5.12. The fraction of sp³-hybridized carbons (Fsp3) is 0.636. The summed E-state index contributed by atoms with van der Waals surface area (Å²) in [5.74, 6) is 0.226. The molecule has 0 bridgehead atoms. The Morgan fingerprint density at radius 1 is 1.13 bits per heavy atom. The number of anilines is 1. The topological polar surface area (TPSA) is 245 Å². The van der Waals surface area contributed by atoms with Crippen LogP contribution in [0, 0.1) is 0 Å². The fourth-order valence-corrected chi connectivity index (χ4v) is 5.61. The summed E-state index contributed by atoms with van der Waals surface area (Å²) in [6.45, 7) is -0.972. The van der Waals surface area contributed by atoms with Crippen LogP contribution in [0.5, 0.6) is 0 Å². The molecule has 20 heteroatoms. The highest BCUT2D eigenvalue weighted by Crippen LogP contribution is 2.67. The summed E-state index contributed by atoms with van der Waals surface area (Å²) in [7, 11) is -13.9. The van der Waals surface area contributed by atoms with Gasteiger partial charge in [-0.25, -0.2) is 18.5 Å². The van der Waals surface area contributed by atoms with E-state index in [0.717, 1.165) is 4.57 Å². The van der Waals surface area contributed by atoms with Crippen molar-refractivity contribution in [1.82, 2.24) is 9.55 Å². The van der Waals surface area contributed by atoms with E-state index in [1.54, 1.807) is 0 Å². The third-order valence-electron chi connectivity index (χ3n) is 3.74. The van der Waals surface area contributed by atoms with E-state index in [0.29, 0.717) is 7.11 Å². The lowest BCUT2D eigenvalue weighted by molar-refractivity contribution is -0.0541. The smallest absolute Gasteiger partial charge is 0.387 e. The number of phosphoric ester groups is 2. The molecule has 0 radical (unpaired) electrons. The average Bonchev–Trinajstić information content (AvgIpc) is 2.93. The van der Waals surface area contributed by atoms with Gasteiger partial charge in [0.05, 0.1) is 6.61 Å². The molecule has 1 fully saturated rings. The van der Waals surface area contributed by atoms with Gasteiger partial charge in [-0.15, -0.1) is 0 Å². The minimum atomic E-state index is -5.60. The Morgan fingerprint density at radius 2 is 1.74 bits per heavy atom. The summed E-state index contributed by atoms with van der Waals surface area (Å²) in [5, 5.41) is 22.8. The zero-order chi connectivity index (χ0) is 23.6. The van der Waals surface area contributed by atoms with Crippen LogP contribution in [0.4, 0.5) is 5.82 Å². The average molecular weight is 511 g/mol. The number of aliphatic hydroxyl groups is 2. The van der Waals surface area contributed by atoms with Crippen molar-refractivity contribution in [3.8, 4) is 0 Å². The number of phosphoric acid groups is 3. The lowest BCUT2D eigenvalue weighted by Crippen LogP contribution is -2.36. The minimum absolute atomic E-state index is 0.226. The Bertz CT molecular complexity index is 986. The number of ether oxygens (including phenoxy) is 1. The van der Waals surface area contributed by atoms with Crippen LogP contribution >= 0.6 is 23.5 Å². The van der Waals surface area contributed by atoms with Crippen molar-refractivity contribution in [2.75, 3.05) is 26.1 Å². The van der Waals surface area contributed by atoms with Crippen molar-refractivity contribution in [1.29, 1.82) is 0 Å². The molecule has 2 rings (SSSR count). The van der Waals surface area contributed by atoms with Gasteiger partial charge in [-0.2, -0.15) is 13.6 Å². The molecule has 0 aromatic carbocycles. The maximum absolute atomic E-state index is 12.0. The van der Waals surface area contributed by atoms with Crippen molar-refractivity contribution in [2.24, 2.45) is 0 Å². The second-order valence-electron chi connectivity index (χ2n) is 5.85. The largest absolute Gasteiger partial charge is 0.490 e. The SMILES string of the molecule is CNc1ccn([C@@H]2O[C@H](COP(=O)(O)OP(=O)(O)OP(=O)(O)OC)C(O)C2O)c(=O)n1. The van der Waals surface area contributed by atoms with Crippen molar-refractivity contribution >= 4 is 29.3 Å². The number of hydrogen-bond donors (Lipinski definition) is 6. The number of rotatable bonds is 10. The molecule has 0 aliphatic carbocycles. The molecule has 1 aliphatic rings. The van der Waals surface area contributed by atoms with Gasteiger partial charge in [-0.3, -0.25) is 13.6 Å². The summed E-state index contributed by atoms with van der Waals surface area (Å²) >= 11 is 0. The van der Waals surface area contributed by atoms with E-state index in [1.807, 2.05) is 0 Å². The molecule has 5 unspecified atom stereocenters. The molecule has 0 spiro atoms. The van der Waals surface area contributed by atoms with Gasteiger partial charge < -0.3 is 34.9 Å². The third-order valence-corrected chi connectivity index (χ3v) is 7.98. The zero-order valence-corrected chi connectivity index (χ0v) is 18.5. The van der Waals surface area contributed by atoms with Gasteiger partial charge in [0.1, 0.15) is 24.1 Å². The van der Waals surface area contributed by atoms with E-state index in [9.17, 15) is 38.5 Å². The molecule has 1 saturated heterocycles. The molecule has 2 heterocycles. The highest BCUT2D eigenvalue weighted by Gasteiger charge is 2.47. The maximum Gasteiger partial charge on any atom is 0.490 e. The van der Waals surface area contributed by atoms with Gasteiger partial charge in [0, 0.05) is 20.4 Å². The second kappa shape index (κ2) is 9.85. The van der Waals surface area contributed by atoms with Crippen LogP contribution < -0.4 is 11.0 Å². The predicted molar refractivity (Wildman–Crippen MR) is 98.6 cm³/mol. The monoisotopic (exact) mass is 511 g/mol. The first kappa shape index (κ1) is 26.2. The highest BCUT2D eigenvalue weighted by molar-refractivity contribution is 7.66. The van der Waals surface area contributed by atoms with Crippen LogP contribution in [0.25, 0.3) is 0 Å². The summed E-state index contributed by atoms with van der Waals surface area (Å²) < 4.78 is 56.5. The second-order valence-corrected chi connectivity index (χ2v) is 10.6. The van der Waals surface area contributed by atoms with E-state index in [-0.39, 0.29) is 5.82 Å². The molecule has 7 atom stereocenters. The lowest BCUT2D eigenvalue weighted by Gasteiger charge is -2.19. The first-order valence-electron chi connectivity index (χ1n) is 8.10. The Morgan fingerprint density at radius 3 is 2.29 bits per heavy atom. The van der Waals surface area contributed by atoms with E-state index in [4.69, 9.17) is 9.63 Å². The molecule has 1 aliphatic heterocycles. The number of nitrogens with one attached hydrogen (secondary N) is 1. The van der Waals surface area contributed by atoms with Crippen LogP contribution in [-0.4, -0.2) is 73.5 Å². The Hall–Kier alpha value is -1.03. The molecular formula is C11H20N3O14P3. The number of nitrogens with zero attached hydrogens (tertiary/aromatic N) is 2. The van der Waals surface area contributed by atoms with E-state index in [1.165, 1.54) is 19.3 Å². The third kappa shape index (κ3) is 6.97. The molecule has 31 heavy (non-hydrogen) atoms. The fourth-order valence-electron chi connectivity index (χ4n) is 2.34. The van der Waals surface area contributed by atoms with Crippen LogP contribution in [-0.2, 0) is 36.1 Å². The lowest BCUT2D eigenvalue weighted by atomic mass is 10.1. The van der Waals surface area contributed by atoms with Crippen molar-refractivity contribution in [2.45, 2.75) is 24.5 Å². The van der Waals surface area contributed by atoms with Crippen LogP contribution in [0.1, 0.15) is 6.23 Å². The number of aromatic nitrogens is 2. The van der Waals surface area contributed by atoms with Gasteiger partial charge in [-0.05, 0) is 6.07 Å². The summed E-state index contributed by atoms with van der Waals surface area (Å²) in [5.41, 5.74) is -0.842. The van der Waals surface area contributed by atoms with Gasteiger partial charge in [0.25, 0.3) is 0 Å². The van der Waals surface area contributed by atoms with E-state index < -0.39 is 60.3 Å². The van der Waals surface area contributed by atoms with E-state index >= 15 is 0 Å². The van der Waals surface area contributed by atoms with Gasteiger partial charge in [0.15, 0.2) is 6.23 Å². The quantitative estimate of drug-likeness (QED) is 0.204.